The summed E-state index contributed by atoms with van der Waals surface area (Å²) in [5, 5.41) is 0. The summed E-state index contributed by atoms with van der Waals surface area (Å²) in [5.41, 5.74) is 6.84. The van der Waals surface area contributed by atoms with Crippen molar-refractivity contribution in [2.24, 2.45) is 5.73 Å². The SMILES string of the molecule is CC(N)c1ccc(Oc2ccc(F)cc2Br)cc1Br. The normalized spacial score (nSPS) is 12.3. The Balaban J connectivity index is 2.26. The lowest BCUT2D eigenvalue weighted by Crippen LogP contribution is -2.05. The van der Waals surface area contributed by atoms with Crippen LogP contribution in [0.2, 0.25) is 0 Å². The van der Waals surface area contributed by atoms with Gasteiger partial charge < -0.3 is 10.5 Å². The molecule has 0 aliphatic heterocycles. The zero-order valence-electron chi connectivity index (χ0n) is 10.2. The molecule has 0 saturated heterocycles. The van der Waals surface area contributed by atoms with E-state index in [1.165, 1.54) is 12.1 Å². The lowest BCUT2D eigenvalue weighted by molar-refractivity contribution is 0.476. The summed E-state index contributed by atoms with van der Waals surface area (Å²) in [6.45, 7) is 1.91. The molecular weight excluding hydrogens is 377 g/mol. The first kappa shape index (κ1) is 14.5. The van der Waals surface area contributed by atoms with Gasteiger partial charge in [0.1, 0.15) is 17.3 Å². The van der Waals surface area contributed by atoms with Crippen LogP contribution in [-0.2, 0) is 0 Å². The van der Waals surface area contributed by atoms with Gasteiger partial charge in [0.25, 0.3) is 0 Å². The molecule has 0 aliphatic carbocycles. The third kappa shape index (κ3) is 3.55. The average molecular weight is 389 g/mol. The number of rotatable bonds is 3. The number of benzene rings is 2. The zero-order valence-corrected chi connectivity index (χ0v) is 13.3. The van der Waals surface area contributed by atoms with Gasteiger partial charge in [0.15, 0.2) is 0 Å². The molecule has 0 bridgehead atoms. The van der Waals surface area contributed by atoms with E-state index in [0.717, 1.165) is 10.0 Å². The van der Waals surface area contributed by atoms with E-state index in [1.54, 1.807) is 6.07 Å². The third-order valence-electron chi connectivity index (χ3n) is 2.58. The quantitative estimate of drug-likeness (QED) is 0.787. The first-order valence-corrected chi connectivity index (χ1v) is 7.24. The number of halogens is 3. The van der Waals surface area contributed by atoms with Crippen molar-refractivity contribution in [2.45, 2.75) is 13.0 Å². The Labute approximate surface area is 128 Å². The van der Waals surface area contributed by atoms with Crippen molar-refractivity contribution < 1.29 is 9.13 Å². The molecule has 5 heteroatoms. The molecule has 2 nitrogen and oxygen atoms in total. The van der Waals surface area contributed by atoms with E-state index in [0.29, 0.717) is 16.0 Å². The van der Waals surface area contributed by atoms with Crippen LogP contribution < -0.4 is 10.5 Å². The topological polar surface area (TPSA) is 35.2 Å². The van der Waals surface area contributed by atoms with E-state index in [9.17, 15) is 4.39 Å². The fourth-order valence-electron chi connectivity index (χ4n) is 1.63. The summed E-state index contributed by atoms with van der Waals surface area (Å²) in [5.74, 6) is 0.901. The first-order chi connectivity index (χ1) is 8.97. The van der Waals surface area contributed by atoms with Crippen molar-refractivity contribution in [1.82, 2.24) is 0 Å². The Hall–Kier alpha value is -0.910. The van der Waals surface area contributed by atoms with Gasteiger partial charge in [-0.15, -0.1) is 0 Å². The molecule has 0 fully saturated rings. The predicted molar refractivity (Wildman–Crippen MR) is 80.9 cm³/mol. The largest absolute Gasteiger partial charge is 0.456 e. The average Bonchev–Trinajstić information content (AvgIpc) is 2.32. The number of nitrogens with two attached hydrogens (primary N) is 1. The van der Waals surface area contributed by atoms with Gasteiger partial charge in [0.2, 0.25) is 0 Å². The monoisotopic (exact) mass is 387 g/mol. The van der Waals surface area contributed by atoms with Crippen molar-refractivity contribution >= 4 is 31.9 Å². The number of hydrogen-bond acceptors (Lipinski definition) is 2. The smallest absolute Gasteiger partial charge is 0.141 e. The van der Waals surface area contributed by atoms with Crippen LogP contribution in [0.1, 0.15) is 18.5 Å². The molecule has 0 spiro atoms. The van der Waals surface area contributed by atoms with Crippen molar-refractivity contribution in [3.05, 3.63) is 56.7 Å². The molecule has 1 atom stereocenters. The van der Waals surface area contributed by atoms with Gasteiger partial charge >= 0.3 is 0 Å². The summed E-state index contributed by atoms with van der Waals surface area (Å²) < 4.78 is 20.1. The minimum absolute atomic E-state index is 0.0546. The van der Waals surface area contributed by atoms with Crippen LogP contribution in [0.15, 0.2) is 45.3 Å². The molecule has 19 heavy (non-hydrogen) atoms. The standard InChI is InChI=1S/C14H12Br2FNO/c1-8(18)11-4-3-10(7-12(11)15)19-14-5-2-9(17)6-13(14)16/h2-8H,18H2,1H3. The Morgan fingerprint density at radius 2 is 1.84 bits per heavy atom. The molecule has 100 valence electrons. The molecule has 0 saturated carbocycles. The number of hydrogen-bond donors (Lipinski definition) is 1. The lowest BCUT2D eigenvalue weighted by Gasteiger charge is -2.12. The van der Waals surface area contributed by atoms with Gasteiger partial charge in [-0.3, -0.25) is 0 Å². The van der Waals surface area contributed by atoms with E-state index < -0.39 is 0 Å². The second-order valence-electron chi connectivity index (χ2n) is 4.15. The molecule has 2 aromatic carbocycles. The van der Waals surface area contributed by atoms with Gasteiger partial charge in [-0.2, -0.15) is 0 Å². The Kier molecular flexibility index (Phi) is 4.60. The van der Waals surface area contributed by atoms with Crippen LogP contribution >= 0.6 is 31.9 Å². The van der Waals surface area contributed by atoms with Crippen LogP contribution in [0.4, 0.5) is 4.39 Å². The highest BCUT2D eigenvalue weighted by Gasteiger charge is 2.08. The molecule has 2 N–H and O–H groups in total. The predicted octanol–water partition coefficient (Wildman–Crippen LogP) is 5.16. The van der Waals surface area contributed by atoms with Crippen molar-refractivity contribution in [2.75, 3.05) is 0 Å². The summed E-state index contributed by atoms with van der Waals surface area (Å²) in [4.78, 5) is 0. The molecule has 0 radical (unpaired) electrons. The maximum atomic E-state index is 13.0. The molecule has 2 rings (SSSR count). The van der Waals surface area contributed by atoms with Gasteiger partial charge in [-0.25, -0.2) is 4.39 Å². The Morgan fingerprint density at radius 1 is 1.11 bits per heavy atom. The molecule has 0 aliphatic rings. The molecule has 0 aromatic heterocycles. The highest BCUT2D eigenvalue weighted by molar-refractivity contribution is 9.10. The fourth-order valence-corrected chi connectivity index (χ4v) is 2.78. The van der Waals surface area contributed by atoms with E-state index in [2.05, 4.69) is 31.9 Å². The van der Waals surface area contributed by atoms with Crippen LogP contribution in [-0.4, -0.2) is 0 Å². The molecule has 1 unspecified atom stereocenters. The summed E-state index contributed by atoms with van der Waals surface area (Å²) in [7, 11) is 0. The fraction of sp³-hybridized carbons (Fsp3) is 0.143. The van der Waals surface area contributed by atoms with Crippen molar-refractivity contribution in [1.29, 1.82) is 0 Å². The first-order valence-electron chi connectivity index (χ1n) is 5.65. The lowest BCUT2D eigenvalue weighted by atomic mass is 10.1. The van der Waals surface area contributed by atoms with Crippen LogP contribution in [0.3, 0.4) is 0 Å². The van der Waals surface area contributed by atoms with E-state index >= 15 is 0 Å². The Morgan fingerprint density at radius 3 is 2.42 bits per heavy atom. The number of ether oxygens (including phenoxy) is 1. The van der Waals surface area contributed by atoms with Gasteiger partial charge in [0.05, 0.1) is 4.47 Å². The Bertz CT molecular complexity index is 602. The minimum Gasteiger partial charge on any atom is -0.456 e. The van der Waals surface area contributed by atoms with Crippen LogP contribution in [0, 0.1) is 5.82 Å². The van der Waals surface area contributed by atoms with E-state index in [1.807, 2.05) is 25.1 Å². The van der Waals surface area contributed by atoms with Crippen LogP contribution in [0.25, 0.3) is 0 Å². The van der Waals surface area contributed by atoms with E-state index in [-0.39, 0.29) is 11.9 Å². The molecule has 0 heterocycles. The molecule has 0 amide bonds. The summed E-state index contributed by atoms with van der Waals surface area (Å²) in [6.07, 6.45) is 0. The van der Waals surface area contributed by atoms with Crippen molar-refractivity contribution in [3.8, 4) is 11.5 Å². The summed E-state index contributed by atoms with van der Waals surface area (Å²) in [6, 6.07) is 9.81. The highest BCUT2D eigenvalue weighted by atomic mass is 79.9. The highest BCUT2D eigenvalue weighted by Crippen LogP contribution is 2.33. The minimum atomic E-state index is -0.312. The van der Waals surface area contributed by atoms with Gasteiger partial charge in [0, 0.05) is 10.5 Å². The molecular formula is C14H12Br2FNO. The second-order valence-corrected chi connectivity index (χ2v) is 5.86. The van der Waals surface area contributed by atoms with Gasteiger partial charge in [-0.1, -0.05) is 22.0 Å². The van der Waals surface area contributed by atoms with Crippen molar-refractivity contribution in [3.63, 3.8) is 0 Å². The maximum Gasteiger partial charge on any atom is 0.141 e. The van der Waals surface area contributed by atoms with Crippen LogP contribution in [0.5, 0.6) is 11.5 Å². The second kappa shape index (κ2) is 6.03. The maximum absolute atomic E-state index is 13.0. The van der Waals surface area contributed by atoms with Gasteiger partial charge in [-0.05, 0) is 58.7 Å². The summed E-state index contributed by atoms with van der Waals surface area (Å²) >= 11 is 6.72. The zero-order chi connectivity index (χ0) is 14.0. The molecule has 2 aromatic rings. The van der Waals surface area contributed by atoms with E-state index in [4.69, 9.17) is 10.5 Å². The third-order valence-corrected chi connectivity index (χ3v) is 3.89.